The lowest BCUT2D eigenvalue weighted by atomic mass is 10.2. The van der Waals surface area contributed by atoms with Gasteiger partial charge in [-0.25, -0.2) is 0 Å². The molecule has 0 fully saturated rings. The molecule has 12 heteroatoms. The predicted octanol–water partition coefficient (Wildman–Crippen LogP) is 7.27. The second-order valence-corrected chi connectivity index (χ2v) is 7.41. The van der Waals surface area contributed by atoms with Crippen LogP contribution in [-0.2, 0) is 6.18 Å². The largest absolute Gasteiger partial charge is 0.489 e. The van der Waals surface area contributed by atoms with E-state index in [1.54, 1.807) is 0 Å². The van der Waals surface area contributed by atoms with Crippen molar-refractivity contribution in [1.29, 1.82) is 0 Å². The van der Waals surface area contributed by atoms with Gasteiger partial charge in [-0.15, -0.1) is 0 Å². The number of rotatable bonds is 7. The summed E-state index contributed by atoms with van der Waals surface area (Å²) in [5, 5.41) is 0.267. The smallest absolute Gasteiger partial charge is 0.416 e. The van der Waals surface area contributed by atoms with Gasteiger partial charge in [0, 0.05) is 12.1 Å². The first kappa shape index (κ1) is 22.7. The molecule has 0 aliphatic rings. The molecule has 0 spiro atoms. The van der Waals surface area contributed by atoms with Gasteiger partial charge in [-0.05, 0) is 24.3 Å². The van der Waals surface area contributed by atoms with Crippen LogP contribution in [0.25, 0.3) is 11.1 Å². The quantitative estimate of drug-likeness (QED) is 0.318. The molecule has 0 atom stereocenters. The number of fused-ring (bicyclic) bond motifs is 1. The summed E-state index contributed by atoms with van der Waals surface area (Å²) in [5.41, 5.74) is -0.746. The van der Waals surface area contributed by atoms with Gasteiger partial charge in [0.1, 0.15) is 22.4 Å². The highest BCUT2D eigenvalue weighted by atomic mass is 35.5. The van der Waals surface area contributed by atoms with Crippen molar-refractivity contribution in [1.82, 2.24) is 4.98 Å². The van der Waals surface area contributed by atoms with Gasteiger partial charge < -0.3 is 18.6 Å². The maximum absolute atomic E-state index is 12.8. The van der Waals surface area contributed by atoms with E-state index < -0.39 is 18.5 Å². The summed E-state index contributed by atoms with van der Waals surface area (Å²) in [5.74, 6) is 0.454. The Labute approximate surface area is 187 Å². The van der Waals surface area contributed by atoms with E-state index in [1.807, 2.05) is 0 Å². The molecule has 0 N–H and O–H groups in total. The SMILES string of the molecule is FC(F)(F)c1ccc2nc(OCOc3c(Cl)cc(OCC=C(Cl)Cl)cc3Cl)oc2c1. The Morgan fingerprint density at radius 1 is 1.03 bits per heavy atom. The molecule has 3 rings (SSSR count). The number of nitrogens with zero attached hydrogens (tertiary/aromatic N) is 1. The van der Waals surface area contributed by atoms with Crippen molar-refractivity contribution >= 4 is 57.5 Å². The zero-order valence-electron chi connectivity index (χ0n) is 14.6. The third-order valence-corrected chi connectivity index (χ3v) is 4.41. The van der Waals surface area contributed by atoms with Crippen LogP contribution < -0.4 is 14.2 Å². The fourth-order valence-electron chi connectivity index (χ4n) is 2.24. The Hall–Kier alpha value is -2.00. The summed E-state index contributed by atoms with van der Waals surface area (Å²) in [7, 11) is 0. The highest BCUT2D eigenvalue weighted by Crippen LogP contribution is 2.37. The summed E-state index contributed by atoms with van der Waals surface area (Å²) in [6.07, 6.45) is -3.34. The third-order valence-electron chi connectivity index (χ3n) is 3.54. The number of hydrogen-bond acceptors (Lipinski definition) is 5. The number of aromatic nitrogens is 1. The maximum atomic E-state index is 12.8. The van der Waals surface area contributed by atoms with Crippen LogP contribution in [0.5, 0.6) is 17.6 Å². The first-order chi connectivity index (χ1) is 14.1. The van der Waals surface area contributed by atoms with Crippen molar-refractivity contribution in [2.75, 3.05) is 13.4 Å². The first-order valence-electron chi connectivity index (χ1n) is 8.00. The molecule has 160 valence electrons. The second kappa shape index (κ2) is 9.43. The molecule has 2 aromatic carbocycles. The molecule has 0 aliphatic heterocycles. The Morgan fingerprint density at radius 2 is 1.73 bits per heavy atom. The standard InChI is InChI=1S/C18H10Cl4F3NO4/c19-11-6-10(27-4-3-15(21)22)7-12(20)16(11)28-8-29-17-26-13-2-1-9(18(23,24)25)5-14(13)30-17/h1-3,5-7H,4,8H2. The van der Waals surface area contributed by atoms with Crippen molar-refractivity contribution in [2.24, 2.45) is 0 Å². The average molecular weight is 503 g/mol. The predicted molar refractivity (Wildman–Crippen MR) is 107 cm³/mol. The number of oxazole rings is 1. The van der Waals surface area contributed by atoms with Gasteiger partial charge in [0.2, 0.25) is 6.79 Å². The Morgan fingerprint density at radius 3 is 2.37 bits per heavy atom. The number of benzene rings is 2. The highest BCUT2D eigenvalue weighted by molar-refractivity contribution is 6.55. The van der Waals surface area contributed by atoms with Crippen molar-refractivity contribution in [3.8, 4) is 17.6 Å². The van der Waals surface area contributed by atoms with Gasteiger partial charge >= 0.3 is 12.3 Å². The summed E-state index contributed by atoms with van der Waals surface area (Å²) in [4.78, 5) is 3.92. The number of halogens is 7. The summed E-state index contributed by atoms with van der Waals surface area (Å²) < 4.78 is 59.4. The lowest BCUT2D eigenvalue weighted by Crippen LogP contribution is -2.06. The minimum Gasteiger partial charge on any atom is -0.489 e. The van der Waals surface area contributed by atoms with E-state index >= 15 is 0 Å². The molecule has 3 aromatic rings. The number of hydrogen-bond donors (Lipinski definition) is 0. The minimum absolute atomic E-state index is 0.0538. The fraction of sp³-hybridized carbons (Fsp3) is 0.167. The maximum Gasteiger partial charge on any atom is 0.416 e. The van der Waals surface area contributed by atoms with Gasteiger partial charge in [0.15, 0.2) is 11.3 Å². The molecular weight excluding hydrogens is 493 g/mol. The molecule has 0 amide bonds. The van der Waals surface area contributed by atoms with E-state index in [0.29, 0.717) is 5.75 Å². The first-order valence-corrected chi connectivity index (χ1v) is 9.51. The Bertz CT molecular complexity index is 1060. The van der Waals surface area contributed by atoms with Gasteiger partial charge in [-0.3, -0.25) is 0 Å². The van der Waals surface area contributed by atoms with Crippen LogP contribution in [0.2, 0.25) is 10.0 Å². The van der Waals surface area contributed by atoms with E-state index in [0.717, 1.165) is 12.1 Å². The zero-order chi connectivity index (χ0) is 21.9. The lowest BCUT2D eigenvalue weighted by Gasteiger charge is -2.11. The van der Waals surface area contributed by atoms with Gasteiger partial charge in [-0.1, -0.05) is 46.4 Å². The zero-order valence-corrected chi connectivity index (χ0v) is 17.6. The summed E-state index contributed by atoms with van der Waals surface area (Å²) in [6.45, 7) is -0.310. The van der Waals surface area contributed by atoms with E-state index in [2.05, 4.69) is 4.98 Å². The average Bonchev–Trinajstić information content (AvgIpc) is 3.05. The molecule has 1 aromatic heterocycles. The van der Waals surface area contributed by atoms with Crippen LogP contribution in [0.15, 0.2) is 45.3 Å². The van der Waals surface area contributed by atoms with Crippen molar-refractivity contribution in [3.05, 3.63) is 56.5 Å². The van der Waals surface area contributed by atoms with E-state index in [-0.39, 0.29) is 44.1 Å². The topological polar surface area (TPSA) is 53.7 Å². The number of alkyl halides is 3. The third kappa shape index (κ3) is 5.78. The molecule has 1 heterocycles. The molecular formula is C18H10Cl4F3NO4. The van der Waals surface area contributed by atoms with Gasteiger partial charge in [0.25, 0.3) is 0 Å². The monoisotopic (exact) mass is 501 g/mol. The van der Waals surface area contributed by atoms with Crippen LogP contribution in [0.3, 0.4) is 0 Å². The van der Waals surface area contributed by atoms with Crippen LogP contribution in [0, 0.1) is 0 Å². The van der Waals surface area contributed by atoms with Crippen molar-refractivity contribution < 1.29 is 31.8 Å². The van der Waals surface area contributed by atoms with Crippen molar-refractivity contribution in [2.45, 2.75) is 6.18 Å². The molecule has 0 saturated heterocycles. The normalized spacial score (nSPS) is 11.4. The molecule has 30 heavy (non-hydrogen) atoms. The molecule has 0 unspecified atom stereocenters. The van der Waals surface area contributed by atoms with E-state index in [9.17, 15) is 13.2 Å². The summed E-state index contributed by atoms with van der Waals surface area (Å²) in [6, 6.07) is 5.81. The molecule has 0 bridgehead atoms. The molecule has 0 radical (unpaired) electrons. The molecule has 0 aliphatic carbocycles. The fourth-order valence-corrected chi connectivity index (χ4v) is 2.94. The van der Waals surface area contributed by atoms with Crippen LogP contribution >= 0.6 is 46.4 Å². The molecule has 0 saturated carbocycles. The number of ether oxygens (including phenoxy) is 3. The van der Waals surface area contributed by atoms with E-state index in [1.165, 1.54) is 24.3 Å². The highest BCUT2D eigenvalue weighted by Gasteiger charge is 2.31. The Kier molecular flexibility index (Phi) is 7.13. The molecule has 5 nitrogen and oxygen atoms in total. The van der Waals surface area contributed by atoms with Crippen LogP contribution in [0.4, 0.5) is 13.2 Å². The van der Waals surface area contributed by atoms with E-state index in [4.69, 9.17) is 65.0 Å². The van der Waals surface area contributed by atoms with Gasteiger partial charge in [-0.2, -0.15) is 18.2 Å². The Balaban J connectivity index is 1.64. The van der Waals surface area contributed by atoms with Crippen LogP contribution in [-0.4, -0.2) is 18.4 Å². The summed E-state index contributed by atoms with van der Waals surface area (Å²) >= 11 is 23.2. The minimum atomic E-state index is -4.50. The lowest BCUT2D eigenvalue weighted by molar-refractivity contribution is -0.137. The van der Waals surface area contributed by atoms with Gasteiger partial charge in [0.05, 0.1) is 15.6 Å². The van der Waals surface area contributed by atoms with Crippen molar-refractivity contribution in [3.63, 3.8) is 0 Å². The van der Waals surface area contributed by atoms with Crippen LogP contribution in [0.1, 0.15) is 5.56 Å². The second-order valence-electron chi connectivity index (χ2n) is 5.59.